The predicted octanol–water partition coefficient (Wildman–Crippen LogP) is 2.41. The topological polar surface area (TPSA) is 142 Å². The summed E-state index contributed by atoms with van der Waals surface area (Å²) < 4.78 is 0. The molecule has 3 aromatic carbocycles. The van der Waals surface area contributed by atoms with Crippen LogP contribution in [-0.2, 0) is 6.42 Å². The highest BCUT2D eigenvalue weighted by Gasteiger charge is 2.34. The summed E-state index contributed by atoms with van der Waals surface area (Å²) >= 11 is 0. The second-order valence-corrected chi connectivity index (χ2v) is 8.82. The molecule has 0 atom stereocenters. The van der Waals surface area contributed by atoms with Crippen LogP contribution < -0.4 is 16.0 Å². The van der Waals surface area contributed by atoms with Gasteiger partial charge in [0, 0.05) is 29.9 Å². The van der Waals surface area contributed by atoms with Crippen molar-refractivity contribution in [3.05, 3.63) is 99.6 Å². The third kappa shape index (κ3) is 4.43. The number of amides is 6. The Morgan fingerprint density at radius 3 is 2.05 bits per heavy atom. The van der Waals surface area contributed by atoms with E-state index in [1.54, 1.807) is 19.1 Å². The molecule has 3 aromatic rings. The number of nitrogens with zero attached hydrogens (tertiary/aromatic N) is 1. The molecule has 10 heteroatoms. The first-order chi connectivity index (χ1) is 18.3. The average molecular weight is 511 g/mol. The van der Waals surface area contributed by atoms with Gasteiger partial charge in [-0.05, 0) is 67.4 Å². The summed E-state index contributed by atoms with van der Waals surface area (Å²) in [5, 5.41) is 7.76. The van der Waals surface area contributed by atoms with Crippen molar-refractivity contribution >= 4 is 41.1 Å². The summed E-state index contributed by atoms with van der Waals surface area (Å²) in [4.78, 5) is 74.4. The van der Waals surface area contributed by atoms with E-state index in [4.69, 9.17) is 0 Å². The zero-order valence-corrected chi connectivity index (χ0v) is 20.3. The highest BCUT2D eigenvalue weighted by atomic mass is 16.2. The molecule has 0 unspecified atom stereocenters. The van der Waals surface area contributed by atoms with E-state index in [0.29, 0.717) is 24.2 Å². The van der Waals surface area contributed by atoms with Crippen LogP contribution in [0.2, 0.25) is 0 Å². The van der Waals surface area contributed by atoms with Crippen molar-refractivity contribution in [1.29, 1.82) is 0 Å². The van der Waals surface area contributed by atoms with Gasteiger partial charge in [0.25, 0.3) is 35.4 Å². The lowest BCUT2D eigenvalue weighted by Gasteiger charge is -2.09. The molecule has 0 fully saturated rings. The van der Waals surface area contributed by atoms with Crippen molar-refractivity contribution in [3.63, 3.8) is 0 Å². The molecule has 0 bridgehead atoms. The van der Waals surface area contributed by atoms with Crippen LogP contribution in [0.25, 0.3) is 0 Å². The van der Waals surface area contributed by atoms with Gasteiger partial charge in [-0.3, -0.25) is 39.0 Å². The van der Waals surface area contributed by atoms with E-state index in [2.05, 4.69) is 16.0 Å². The molecule has 0 aromatic heterocycles. The molecular weight excluding hydrogens is 488 g/mol. The van der Waals surface area contributed by atoms with Gasteiger partial charge in [-0.15, -0.1) is 0 Å². The van der Waals surface area contributed by atoms with Crippen molar-refractivity contribution in [1.82, 2.24) is 15.5 Å². The largest absolute Gasteiger partial charge is 0.352 e. The average Bonchev–Trinajstić information content (AvgIpc) is 3.34. The SMILES string of the molecule is CCN1C(=O)c2ccc(C(=O)Nc3ccc(CCNC(=O)c4ccc5c(c4)C(=O)NC5=O)cc3)cc2C1=O. The number of carbonyl (C=O) groups excluding carboxylic acids is 6. The lowest BCUT2D eigenvalue weighted by atomic mass is 10.0. The van der Waals surface area contributed by atoms with Crippen molar-refractivity contribution in [2.45, 2.75) is 13.3 Å². The van der Waals surface area contributed by atoms with Crippen LogP contribution in [0, 0.1) is 0 Å². The van der Waals surface area contributed by atoms with Crippen LogP contribution in [-0.4, -0.2) is 53.4 Å². The van der Waals surface area contributed by atoms with Crippen LogP contribution in [0.4, 0.5) is 5.69 Å². The fraction of sp³-hybridized carbons (Fsp3) is 0.143. The zero-order valence-electron chi connectivity index (χ0n) is 20.3. The van der Waals surface area contributed by atoms with Gasteiger partial charge in [0.1, 0.15) is 0 Å². The maximum atomic E-state index is 12.7. The van der Waals surface area contributed by atoms with Crippen LogP contribution >= 0.6 is 0 Å². The highest BCUT2D eigenvalue weighted by molar-refractivity contribution is 6.23. The molecule has 2 aliphatic heterocycles. The number of imide groups is 2. The molecule has 0 saturated carbocycles. The van der Waals surface area contributed by atoms with E-state index in [9.17, 15) is 28.8 Å². The third-order valence-corrected chi connectivity index (χ3v) is 6.46. The third-order valence-electron chi connectivity index (χ3n) is 6.46. The number of hydrogen-bond donors (Lipinski definition) is 3. The number of anilines is 1. The van der Waals surface area contributed by atoms with Crippen LogP contribution in [0.15, 0.2) is 60.7 Å². The number of benzene rings is 3. The number of fused-ring (bicyclic) bond motifs is 2. The summed E-state index contributed by atoms with van der Waals surface area (Å²) in [5.74, 6) is -2.53. The van der Waals surface area contributed by atoms with Crippen molar-refractivity contribution in [3.8, 4) is 0 Å². The van der Waals surface area contributed by atoms with Gasteiger partial charge in [-0.25, -0.2) is 0 Å². The number of nitrogens with one attached hydrogen (secondary N) is 3. The molecular formula is C28H22N4O6. The lowest BCUT2D eigenvalue weighted by molar-refractivity contribution is 0.0661. The Morgan fingerprint density at radius 2 is 1.34 bits per heavy atom. The standard InChI is InChI=1S/C28H22N4O6/c1-2-32-27(37)20-10-6-17(14-22(20)28(32)38)24(34)30-18-7-3-15(4-8-18)11-12-29-23(33)16-5-9-19-21(13-16)26(36)31-25(19)35/h3-10,13-14H,2,11-12H2,1H3,(H,29,33)(H,30,34)(H,31,35,36). The van der Waals surface area contributed by atoms with Crippen LogP contribution in [0.5, 0.6) is 0 Å². The van der Waals surface area contributed by atoms with Crippen molar-refractivity contribution < 1.29 is 28.8 Å². The van der Waals surface area contributed by atoms with Gasteiger partial charge in [-0.1, -0.05) is 12.1 Å². The summed E-state index contributed by atoms with van der Waals surface area (Å²) in [7, 11) is 0. The summed E-state index contributed by atoms with van der Waals surface area (Å²) in [6, 6.07) is 15.9. The van der Waals surface area contributed by atoms with Crippen molar-refractivity contribution in [2.24, 2.45) is 0 Å². The molecule has 38 heavy (non-hydrogen) atoms. The van der Waals surface area contributed by atoms with Crippen LogP contribution in [0.1, 0.15) is 74.6 Å². The highest BCUT2D eigenvalue weighted by Crippen LogP contribution is 2.24. The van der Waals surface area contributed by atoms with E-state index in [-0.39, 0.29) is 46.2 Å². The van der Waals surface area contributed by atoms with Gasteiger partial charge in [0.2, 0.25) is 0 Å². The Labute approximate surface area is 217 Å². The summed E-state index contributed by atoms with van der Waals surface area (Å²) in [6.45, 7) is 2.31. The van der Waals surface area contributed by atoms with Crippen LogP contribution in [0.3, 0.4) is 0 Å². The molecule has 3 N–H and O–H groups in total. The molecule has 2 aliphatic rings. The quantitative estimate of drug-likeness (QED) is 0.417. The van der Waals surface area contributed by atoms with Gasteiger partial charge < -0.3 is 10.6 Å². The molecule has 10 nitrogen and oxygen atoms in total. The molecule has 5 rings (SSSR count). The molecule has 0 radical (unpaired) electrons. The van der Waals surface area contributed by atoms with E-state index >= 15 is 0 Å². The maximum absolute atomic E-state index is 12.7. The first-order valence-electron chi connectivity index (χ1n) is 11.9. The fourth-order valence-electron chi connectivity index (χ4n) is 4.41. The number of rotatable bonds is 7. The monoisotopic (exact) mass is 510 g/mol. The molecule has 0 saturated heterocycles. The van der Waals surface area contributed by atoms with Gasteiger partial charge in [0.15, 0.2) is 0 Å². The van der Waals surface area contributed by atoms with E-state index in [1.165, 1.54) is 36.4 Å². The molecule has 190 valence electrons. The first kappa shape index (κ1) is 24.6. The summed E-state index contributed by atoms with van der Waals surface area (Å²) in [6.07, 6.45) is 0.527. The first-order valence-corrected chi connectivity index (χ1v) is 11.9. The van der Waals surface area contributed by atoms with Gasteiger partial charge in [0.05, 0.1) is 22.3 Å². The van der Waals surface area contributed by atoms with E-state index in [0.717, 1.165) is 10.5 Å². The smallest absolute Gasteiger partial charge is 0.261 e. The Bertz CT molecular complexity index is 1540. The molecule has 0 aliphatic carbocycles. The second-order valence-electron chi connectivity index (χ2n) is 8.82. The number of hydrogen-bond acceptors (Lipinski definition) is 6. The van der Waals surface area contributed by atoms with Gasteiger partial charge >= 0.3 is 0 Å². The van der Waals surface area contributed by atoms with E-state index in [1.807, 2.05) is 12.1 Å². The predicted molar refractivity (Wildman–Crippen MR) is 136 cm³/mol. The molecule has 0 spiro atoms. The minimum Gasteiger partial charge on any atom is -0.352 e. The fourth-order valence-corrected chi connectivity index (χ4v) is 4.41. The normalized spacial score (nSPS) is 13.8. The Morgan fingerprint density at radius 1 is 0.737 bits per heavy atom. The zero-order chi connectivity index (χ0) is 27.0. The minimum absolute atomic E-state index is 0.184. The Hall–Kier alpha value is -5.12. The van der Waals surface area contributed by atoms with Crippen molar-refractivity contribution in [2.75, 3.05) is 18.4 Å². The second kappa shape index (κ2) is 9.74. The molecule has 6 amide bonds. The Kier molecular flexibility index (Phi) is 6.29. The Balaban J connectivity index is 1.15. The minimum atomic E-state index is -0.519. The number of carbonyl (C=O) groups is 6. The van der Waals surface area contributed by atoms with Gasteiger partial charge in [-0.2, -0.15) is 0 Å². The maximum Gasteiger partial charge on any atom is 0.261 e. The summed E-state index contributed by atoms with van der Waals surface area (Å²) in [5.41, 5.74) is 2.97. The van der Waals surface area contributed by atoms with E-state index < -0.39 is 23.6 Å². The molecule has 2 heterocycles. The lowest BCUT2D eigenvalue weighted by Crippen LogP contribution is -2.29.